The molecule has 4 amide bonds. The van der Waals surface area contributed by atoms with E-state index in [1.807, 2.05) is 61.4 Å². The van der Waals surface area contributed by atoms with E-state index < -0.39 is 11.8 Å². The lowest BCUT2D eigenvalue weighted by Gasteiger charge is -2.28. The number of urea groups is 1. The number of aromatic nitrogens is 3. The Morgan fingerprint density at radius 2 is 1.90 bits per heavy atom. The summed E-state index contributed by atoms with van der Waals surface area (Å²) in [7, 11) is 7.38. The Kier molecular flexibility index (Phi) is 10.5. The van der Waals surface area contributed by atoms with Gasteiger partial charge in [0.1, 0.15) is 11.6 Å². The Labute approximate surface area is 300 Å². The number of hydrogen-bond acceptors (Lipinski definition) is 9. The fourth-order valence-electron chi connectivity index (χ4n) is 6.16. The van der Waals surface area contributed by atoms with Crippen LogP contribution in [0.15, 0.2) is 85.7 Å². The van der Waals surface area contributed by atoms with Crippen molar-refractivity contribution in [2.45, 2.75) is 13.0 Å². The van der Waals surface area contributed by atoms with Crippen molar-refractivity contribution in [3.8, 4) is 17.0 Å². The van der Waals surface area contributed by atoms with Gasteiger partial charge in [-0.15, -0.1) is 0 Å². The monoisotopic (exact) mass is 705 g/mol. The molecule has 0 spiro atoms. The SMILES string of the molecule is C=CC(=O)Nc1cc(Nc2nccc(-c3cn(C)c4ccccc34)n2)c(OC)cc1N(C)CCN(C)Cc1ccc(N2CCC(=O)NC2=O)c(F)c1. The highest BCUT2D eigenvalue weighted by Crippen LogP contribution is 2.38. The average molecular weight is 706 g/mol. The first-order chi connectivity index (χ1) is 25.0. The van der Waals surface area contributed by atoms with Crippen LogP contribution in [0, 0.1) is 5.82 Å². The molecule has 3 heterocycles. The molecule has 1 fully saturated rings. The molecule has 52 heavy (non-hydrogen) atoms. The number of rotatable bonds is 13. The van der Waals surface area contributed by atoms with Crippen LogP contribution in [0.25, 0.3) is 22.2 Å². The van der Waals surface area contributed by atoms with E-state index in [-0.39, 0.29) is 30.5 Å². The van der Waals surface area contributed by atoms with Gasteiger partial charge in [0.25, 0.3) is 0 Å². The van der Waals surface area contributed by atoms with Crippen molar-refractivity contribution in [3.05, 3.63) is 97.1 Å². The maximum atomic E-state index is 15.1. The summed E-state index contributed by atoms with van der Waals surface area (Å²) >= 11 is 0. The minimum absolute atomic E-state index is 0.113. The van der Waals surface area contributed by atoms with Crippen LogP contribution < -0.4 is 30.5 Å². The number of methoxy groups -OCH3 is 1. The largest absolute Gasteiger partial charge is 0.494 e. The van der Waals surface area contributed by atoms with E-state index in [0.717, 1.165) is 27.7 Å². The second-order valence-electron chi connectivity index (χ2n) is 12.5. The number of hydrogen-bond donors (Lipinski definition) is 3. The van der Waals surface area contributed by atoms with Gasteiger partial charge in [0, 0.05) is 81.6 Å². The maximum absolute atomic E-state index is 15.1. The third-order valence-corrected chi connectivity index (χ3v) is 8.87. The third-order valence-electron chi connectivity index (χ3n) is 8.87. The van der Waals surface area contributed by atoms with Gasteiger partial charge in [-0.05, 0) is 49.0 Å². The Bertz CT molecular complexity index is 2170. The number of imide groups is 1. The van der Waals surface area contributed by atoms with Crippen molar-refractivity contribution in [3.63, 3.8) is 0 Å². The molecule has 0 bridgehead atoms. The molecule has 1 aliphatic rings. The number of ether oxygens (including phenoxy) is 1. The van der Waals surface area contributed by atoms with Crippen LogP contribution in [-0.2, 0) is 23.2 Å². The van der Waals surface area contributed by atoms with E-state index in [4.69, 9.17) is 9.72 Å². The maximum Gasteiger partial charge on any atom is 0.328 e. The molecule has 0 unspecified atom stereocenters. The van der Waals surface area contributed by atoms with Crippen molar-refractivity contribution >= 4 is 57.4 Å². The minimum Gasteiger partial charge on any atom is -0.494 e. The van der Waals surface area contributed by atoms with Gasteiger partial charge in [-0.1, -0.05) is 30.8 Å². The second-order valence-corrected chi connectivity index (χ2v) is 12.5. The van der Waals surface area contributed by atoms with Crippen LogP contribution in [0.1, 0.15) is 12.0 Å². The van der Waals surface area contributed by atoms with Gasteiger partial charge in [0.15, 0.2) is 0 Å². The molecule has 6 rings (SSSR count). The normalized spacial score (nSPS) is 12.9. The number of aryl methyl sites for hydroxylation is 1. The number of halogens is 1. The summed E-state index contributed by atoms with van der Waals surface area (Å²) in [5, 5.41) is 9.47. The molecule has 3 aromatic carbocycles. The number of para-hydroxylation sites is 1. The van der Waals surface area contributed by atoms with Gasteiger partial charge in [0.05, 0.1) is 35.6 Å². The second kappa shape index (κ2) is 15.3. The summed E-state index contributed by atoms with van der Waals surface area (Å²) in [6.45, 7) is 5.30. The highest BCUT2D eigenvalue weighted by molar-refractivity contribution is 6.05. The van der Waals surface area contributed by atoms with E-state index in [0.29, 0.717) is 48.4 Å². The average Bonchev–Trinajstić information content (AvgIpc) is 3.47. The molecule has 13 nitrogen and oxygen atoms in total. The molecule has 14 heteroatoms. The zero-order chi connectivity index (χ0) is 36.9. The van der Waals surface area contributed by atoms with Crippen LogP contribution in [0.3, 0.4) is 0 Å². The number of likely N-dealkylation sites (N-methyl/N-ethyl adjacent to an activating group) is 2. The molecule has 0 saturated carbocycles. The predicted octanol–water partition coefficient (Wildman–Crippen LogP) is 5.67. The highest BCUT2D eigenvalue weighted by atomic mass is 19.1. The zero-order valence-electron chi connectivity index (χ0n) is 29.4. The lowest BCUT2D eigenvalue weighted by atomic mass is 10.1. The van der Waals surface area contributed by atoms with Crippen LogP contribution in [0.2, 0.25) is 0 Å². The quantitative estimate of drug-likeness (QED) is 0.133. The predicted molar refractivity (Wildman–Crippen MR) is 201 cm³/mol. The lowest BCUT2D eigenvalue weighted by Crippen LogP contribution is -2.49. The zero-order valence-corrected chi connectivity index (χ0v) is 29.4. The standard InChI is InChI=1S/C38H40FN9O4/c1-6-35(49)41-29-20-30(43-37-40-15-13-28(42-37)26-23-47(4)31-10-8-7-9-25(26)31)34(52-5)21-33(29)46(3)18-17-45(2)22-24-11-12-32(27(39)19-24)48-16-14-36(50)44-38(48)51/h6-13,15,19-21,23H,1,14,16-18,22H2,2-5H3,(H,41,49)(H,40,42,43)(H,44,50,51). The topological polar surface area (TPSA) is 137 Å². The molecule has 0 atom stereocenters. The van der Waals surface area contributed by atoms with Crippen molar-refractivity contribution in [2.75, 3.05) is 61.3 Å². The summed E-state index contributed by atoms with van der Waals surface area (Å²) in [5.74, 6) is -0.433. The number of carbonyl (C=O) groups is 3. The van der Waals surface area contributed by atoms with E-state index in [9.17, 15) is 14.4 Å². The molecular weight excluding hydrogens is 665 g/mol. The fraction of sp³-hybridized carbons (Fsp3) is 0.237. The molecule has 5 aromatic rings. The number of benzene rings is 3. The lowest BCUT2D eigenvalue weighted by molar-refractivity contribution is -0.120. The minimum atomic E-state index is -0.633. The smallest absolute Gasteiger partial charge is 0.328 e. The molecule has 0 radical (unpaired) electrons. The molecule has 2 aromatic heterocycles. The van der Waals surface area contributed by atoms with Crippen molar-refractivity contribution in [1.82, 2.24) is 24.8 Å². The summed E-state index contributed by atoms with van der Waals surface area (Å²) in [5.41, 5.74) is 5.43. The number of carbonyl (C=O) groups excluding carboxylic acids is 3. The molecule has 3 N–H and O–H groups in total. The molecule has 1 saturated heterocycles. The number of anilines is 5. The first-order valence-electron chi connectivity index (χ1n) is 16.6. The van der Waals surface area contributed by atoms with E-state index in [1.54, 1.807) is 31.5 Å². The van der Waals surface area contributed by atoms with Crippen LogP contribution in [-0.4, -0.2) is 78.1 Å². The van der Waals surface area contributed by atoms with E-state index >= 15 is 4.39 Å². The number of amides is 4. The van der Waals surface area contributed by atoms with Gasteiger partial charge < -0.3 is 29.7 Å². The summed E-state index contributed by atoms with van der Waals surface area (Å²) in [6.07, 6.45) is 5.05. The summed E-state index contributed by atoms with van der Waals surface area (Å²) in [4.78, 5) is 50.7. The summed E-state index contributed by atoms with van der Waals surface area (Å²) < 4.78 is 22.9. The van der Waals surface area contributed by atoms with Crippen LogP contribution in [0.4, 0.5) is 37.9 Å². The molecule has 268 valence electrons. The first kappa shape index (κ1) is 35.5. The number of nitrogens with one attached hydrogen (secondary N) is 3. The fourth-order valence-corrected chi connectivity index (χ4v) is 6.16. The number of fused-ring (bicyclic) bond motifs is 1. The van der Waals surface area contributed by atoms with Crippen molar-refractivity contribution in [1.29, 1.82) is 0 Å². The number of nitrogens with zero attached hydrogens (tertiary/aromatic N) is 6. The van der Waals surface area contributed by atoms with Crippen molar-refractivity contribution < 1.29 is 23.5 Å². The van der Waals surface area contributed by atoms with Crippen molar-refractivity contribution in [2.24, 2.45) is 7.05 Å². The third kappa shape index (κ3) is 7.71. The summed E-state index contributed by atoms with van der Waals surface area (Å²) in [6, 6.07) is 17.7. The molecular formula is C38H40FN9O4. The molecule has 1 aliphatic heterocycles. The van der Waals surface area contributed by atoms with E-state index in [1.165, 1.54) is 17.0 Å². The van der Waals surface area contributed by atoms with Crippen LogP contribution >= 0.6 is 0 Å². The van der Waals surface area contributed by atoms with Crippen LogP contribution in [0.5, 0.6) is 5.75 Å². The van der Waals surface area contributed by atoms with Gasteiger partial charge in [-0.2, -0.15) is 0 Å². The highest BCUT2D eigenvalue weighted by Gasteiger charge is 2.26. The Morgan fingerprint density at radius 1 is 1.10 bits per heavy atom. The Hall–Kier alpha value is -6.28. The Balaban J connectivity index is 1.17. The van der Waals surface area contributed by atoms with Gasteiger partial charge in [-0.3, -0.25) is 19.8 Å². The molecule has 0 aliphatic carbocycles. The Morgan fingerprint density at radius 3 is 2.65 bits per heavy atom. The van der Waals surface area contributed by atoms with Gasteiger partial charge in [-0.25, -0.2) is 19.2 Å². The first-order valence-corrected chi connectivity index (χ1v) is 16.6. The van der Waals surface area contributed by atoms with Gasteiger partial charge >= 0.3 is 6.03 Å². The van der Waals surface area contributed by atoms with Gasteiger partial charge in [0.2, 0.25) is 17.8 Å². The van der Waals surface area contributed by atoms with E-state index in [2.05, 4.69) is 44.2 Å².